The molecule has 0 saturated carbocycles. The molecule has 1 atom stereocenters. The lowest BCUT2D eigenvalue weighted by molar-refractivity contribution is 0.0967. The van der Waals surface area contributed by atoms with Crippen LogP contribution in [0.3, 0.4) is 0 Å². The summed E-state index contributed by atoms with van der Waals surface area (Å²) in [6.07, 6.45) is 4.18. The van der Waals surface area contributed by atoms with Crippen molar-refractivity contribution in [1.82, 2.24) is 4.98 Å². The molecule has 104 valence electrons. The summed E-state index contributed by atoms with van der Waals surface area (Å²) >= 11 is 0. The van der Waals surface area contributed by atoms with E-state index in [9.17, 15) is 13.2 Å². The van der Waals surface area contributed by atoms with E-state index in [1.165, 1.54) is 0 Å². The molecule has 0 bridgehead atoms. The van der Waals surface area contributed by atoms with Gasteiger partial charge in [0.15, 0.2) is 15.6 Å². The third kappa shape index (κ3) is 2.58. The minimum atomic E-state index is -2.93. The molecule has 1 aliphatic rings. The first-order valence-corrected chi connectivity index (χ1v) is 8.44. The molecule has 1 fully saturated rings. The fourth-order valence-electron chi connectivity index (χ4n) is 2.74. The fourth-order valence-corrected chi connectivity index (χ4v) is 4.61. The molecule has 0 spiro atoms. The van der Waals surface area contributed by atoms with Gasteiger partial charge in [0.2, 0.25) is 0 Å². The number of sulfone groups is 1. The van der Waals surface area contributed by atoms with Crippen molar-refractivity contribution in [3.63, 3.8) is 0 Å². The van der Waals surface area contributed by atoms with Crippen molar-refractivity contribution in [2.45, 2.75) is 12.8 Å². The summed E-state index contributed by atoms with van der Waals surface area (Å²) in [6, 6.07) is 7.61. The summed E-state index contributed by atoms with van der Waals surface area (Å²) in [5.41, 5.74) is 0.590. The average Bonchev–Trinajstić information content (AvgIpc) is 2.77. The smallest absolute Gasteiger partial charge is 0.165 e. The number of hydrogen-bond donors (Lipinski definition) is 0. The highest BCUT2D eigenvalue weighted by Gasteiger charge is 2.29. The summed E-state index contributed by atoms with van der Waals surface area (Å²) in [5.74, 6) is 0.276. The molecular formula is C15H15NO3S. The highest BCUT2D eigenvalue weighted by atomic mass is 32.2. The topological polar surface area (TPSA) is 64.1 Å². The maximum Gasteiger partial charge on any atom is 0.165 e. The first-order chi connectivity index (χ1) is 9.55. The summed E-state index contributed by atoms with van der Waals surface area (Å²) in [5, 5.41) is 1.81. The van der Waals surface area contributed by atoms with E-state index in [1.54, 1.807) is 12.4 Å². The minimum Gasteiger partial charge on any atom is -0.294 e. The lowest BCUT2D eigenvalue weighted by Gasteiger charge is -2.08. The van der Waals surface area contributed by atoms with Gasteiger partial charge < -0.3 is 0 Å². The van der Waals surface area contributed by atoms with E-state index in [4.69, 9.17) is 0 Å². The summed E-state index contributed by atoms with van der Waals surface area (Å²) in [6.45, 7) is 0. The number of nitrogens with zero attached hydrogens (tertiary/aromatic N) is 1. The van der Waals surface area contributed by atoms with Crippen LogP contribution in [-0.2, 0) is 9.84 Å². The van der Waals surface area contributed by atoms with Crippen molar-refractivity contribution in [2.75, 3.05) is 11.5 Å². The Bertz CT molecular complexity index is 762. The zero-order valence-electron chi connectivity index (χ0n) is 11.0. The zero-order valence-corrected chi connectivity index (χ0v) is 11.8. The van der Waals surface area contributed by atoms with Crippen LogP contribution in [0.5, 0.6) is 0 Å². The molecule has 4 nitrogen and oxygen atoms in total. The highest BCUT2D eigenvalue weighted by Crippen LogP contribution is 2.25. The lowest BCUT2D eigenvalue weighted by atomic mass is 9.96. The van der Waals surface area contributed by atoms with Gasteiger partial charge in [-0.2, -0.15) is 0 Å². The van der Waals surface area contributed by atoms with E-state index >= 15 is 0 Å². The molecular weight excluding hydrogens is 274 g/mol. The van der Waals surface area contributed by atoms with Gasteiger partial charge in [0.1, 0.15) is 0 Å². The van der Waals surface area contributed by atoms with Crippen molar-refractivity contribution in [2.24, 2.45) is 5.92 Å². The Labute approximate surface area is 117 Å². The number of fused-ring (bicyclic) bond motifs is 1. The Morgan fingerprint density at radius 1 is 1.25 bits per heavy atom. The van der Waals surface area contributed by atoms with Crippen LogP contribution in [0.4, 0.5) is 0 Å². The molecule has 0 N–H and O–H groups in total. The molecule has 5 heteroatoms. The monoisotopic (exact) mass is 289 g/mol. The minimum absolute atomic E-state index is 0.0172. The largest absolute Gasteiger partial charge is 0.294 e. The van der Waals surface area contributed by atoms with E-state index in [0.29, 0.717) is 12.0 Å². The van der Waals surface area contributed by atoms with E-state index in [1.807, 2.05) is 24.3 Å². The van der Waals surface area contributed by atoms with Gasteiger partial charge in [0.25, 0.3) is 0 Å². The third-order valence-electron chi connectivity index (χ3n) is 3.77. The summed E-state index contributed by atoms with van der Waals surface area (Å²) < 4.78 is 22.9. The predicted molar refractivity (Wildman–Crippen MR) is 77.5 cm³/mol. The number of pyridine rings is 1. The molecule has 1 aliphatic heterocycles. The van der Waals surface area contributed by atoms with E-state index in [2.05, 4.69) is 4.98 Å². The second kappa shape index (κ2) is 4.98. The van der Waals surface area contributed by atoms with Crippen LogP contribution in [0.25, 0.3) is 10.8 Å². The molecule has 0 aliphatic carbocycles. The van der Waals surface area contributed by atoms with Gasteiger partial charge in [-0.3, -0.25) is 9.78 Å². The molecule has 1 unspecified atom stereocenters. The standard InChI is InChI=1S/C15H15NO3S/c17-15(7-11-5-6-20(18,19)10-11)14-9-16-8-12-3-1-2-4-13(12)14/h1-4,8-9,11H,5-7,10H2. The molecule has 1 aromatic heterocycles. The number of carbonyl (C=O) groups excluding carboxylic acids is 1. The number of benzene rings is 1. The Kier molecular flexibility index (Phi) is 3.30. The number of aromatic nitrogens is 1. The van der Waals surface area contributed by atoms with E-state index in [-0.39, 0.29) is 29.6 Å². The number of carbonyl (C=O) groups is 1. The van der Waals surface area contributed by atoms with Gasteiger partial charge in [-0.25, -0.2) is 8.42 Å². The number of rotatable bonds is 3. The Balaban J connectivity index is 1.86. The van der Waals surface area contributed by atoms with E-state index in [0.717, 1.165) is 10.8 Å². The summed E-state index contributed by atoms with van der Waals surface area (Å²) in [7, 11) is -2.93. The Morgan fingerprint density at radius 3 is 2.80 bits per heavy atom. The van der Waals surface area contributed by atoms with Crippen LogP contribution in [0, 0.1) is 5.92 Å². The number of hydrogen-bond acceptors (Lipinski definition) is 4. The molecule has 0 radical (unpaired) electrons. The first kappa shape index (κ1) is 13.2. The van der Waals surface area contributed by atoms with Crippen molar-refractivity contribution in [3.8, 4) is 0 Å². The summed E-state index contributed by atoms with van der Waals surface area (Å²) in [4.78, 5) is 16.5. The molecule has 0 amide bonds. The van der Waals surface area contributed by atoms with Crippen LogP contribution in [0.2, 0.25) is 0 Å². The van der Waals surface area contributed by atoms with Crippen molar-refractivity contribution in [1.29, 1.82) is 0 Å². The fraction of sp³-hybridized carbons (Fsp3) is 0.333. The quantitative estimate of drug-likeness (QED) is 0.813. The highest BCUT2D eigenvalue weighted by molar-refractivity contribution is 7.91. The van der Waals surface area contributed by atoms with Gasteiger partial charge >= 0.3 is 0 Å². The molecule has 1 saturated heterocycles. The van der Waals surface area contributed by atoms with Crippen LogP contribution in [0.1, 0.15) is 23.2 Å². The normalized spacial score (nSPS) is 21.1. The van der Waals surface area contributed by atoms with Gasteiger partial charge in [0, 0.05) is 29.8 Å². The molecule has 20 heavy (non-hydrogen) atoms. The molecule has 3 rings (SSSR count). The maximum absolute atomic E-state index is 12.4. The van der Waals surface area contributed by atoms with Gasteiger partial charge in [-0.15, -0.1) is 0 Å². The third-order valence-corrected chi connectivity index (χ3v) is 5.61. The second-order valence-corrected chi connectivity index (χ2v) is 7.53. The van der Waals surface area contributed by atoms with E-state index < -0.39 is 9.84 Å². The number of ketones is 1. The predicted octanol–water partition coefficient (Wildman–Crippen LogP) is 2.24. The zero-order chi connectivity index (χ0) is 14.2. The lowest BCUT2D eigenvalue weighted by Crippen LogP contribution is -2.11. The van der Waals surface area contributed by atoms with Crippen molar-refractivity contribution < 1.29 is 13.2 Å². The van der Waals surface area contributed by atoms with Crippen molar-refractivity contribution in [3.05, 3.63) is 42.2 Å². The molecule has 2 heterocycles. The van der Waals surface area contributed by atoms with Crippen LogP contribution in [0.15, 0.2) is 36.7 Å². The van der Waals surface area contributed by atoms with Crippen LogP contribution < -0.4 is 0 Å². The van der Waals surface area contributed by atoms with Crippen LogP contribution in [-0.4, -0.2) is 30.7 Å². The average molecular weight is 289 g/mol. The maximum atomic E-state index is 12.4. The second-order valence-electron chi connectivity index (χ2n) is 5.30. The SMILES string of the molecule is O=C(CC1CCS(=O)(=O)C1)c1cncc2ccccc12. The molecule has 1 aromatic carbocycles. The Hall–Kier alpha value is -1.75. The Morgan fingerprint density at radius 2 is 2.05 bits per heavy atom. The van der Waals surface area contributed by atoms with Crippen molar-refractivity contribution >= 4 is 26.4 Å². The molecule has 2 aromatic rings. The van der Waals surface area contributed by atoms with Gasteiger partial charge in [0.05, 0.1) is 11.5 Å². The first-order valence-electron chi connectivity index (χ1n) is 6.61. The van der Waals surface area contributed by atoms with Crippen LogP contribution >= 0.6 is 0 Å². The van der Waals surface area contributed by atoms with Gasteiger partial charge in [-0.1, -0.05) is 24.3 Å². The van der Waals surface area contributed by atoms with Gasteiger partial charge in [-0.05, 0) is 17.7 Å². The number of Topliss-reactive ketones (excluding diaryl/α,β-unsaturated/α-hetero) is 1.